The minimum atomic E-state index is -4.38. The zero-order valence-corrected chi connectivity index (χ0v) is 15.1. The van der Waals surface area contributed by atoms with Crippen LogP contribution in [0, 0.1) is 0 Å². The second kappa shape index (κ2) is 7.09. The van der Waals surface area contributed by atoms with Gasteiger partial charge in [0.25, 0.3) is 5.91 Å². The van der Waals surface area contributed by atoms with Crippen molar-refractivity contribution >= 4 is 44.3 Å². The molecule has 0 aliphatic heterocycles. The Morgan fingerprint density at radius 1 is 0.964 bits per heavy atom. The van der Waals surface area contributed by atoms with Crippen molar-refractivity contribution in [1.82, 2.24) is 5.43 Å². The van der Waals surface area contributed by atoms with E-state index in [-0.39, 0.29) is 5.91 Å². The van der Waals surface area contributed by atoms with Crippen LogP contribution >= 0.6 is 11.3 Å². The van der Waals surface area contributed by atoms with Gasteiger partial charge in [-0.25, -0.2) is 5.43 Å². The van der Waals surface area contributed by atoms with Crippen molar-refractivity contribution in [3.05, 3.63) is 82.7 Å². The molecule has 4 aromatic rings. The van der Waals surface area contributed by atoms with Crippen LogP contribution in [0.3, 0.4) is 0 Å². The molecule has 0 unspecified atom stereocenters. The number of fused-ring (bicyclic) bond motifs is 3. The van der Waals surface area contributed by atoms with Crippen LogP contribution in [0.25, 0.3) is 20.9 Å². The first-order valence-corrected chi connectivity index (χ1v) is 9.15. The number of benzene rings is 3. The highest BCUT2D eigenvalue weighted by molar-refractivity contribution is 7.21. The lowest BCUT2D eigenvalue weighted by molar-refractivity contribution is -0.137. The number of alkyl halides is 3. The quantitative estimate of drug-likeness (QED) is 0.342. The zero-order chi connectivity index (χ0) is 19.7. The fourth-order valence-corrected chi connectivity index (χ4v) is 3.94. The van der Waals surface area contributed by atoms with Gasteiger partial charge in [0.2, 0.25) is 0 Å². The average Bonchev–Trinajstić information content (AvgIpc) is 3.13. The van der Waals surface area contributed by atoms with E-state index in [1.807, 2.05) is 36.4 Å². The lowest BCUT2D eigenvalue weighted by Crippen LogP contribution is -2.16. The minimum Gasteiger partial charge on any atom is -0.266 e. The van der Waals surface area contributed by atoms with Gasteiger partial charge in [-0.05, 0) is 39.9 Å². The number of hydrazone groups is 1. The molecule has 1 amide bonds. The van der Waals surface area contributed by atoms with Crippen LogP contribution < -0.4 is 5.43 Å². The van der Waals surface area contributed by atoms with E-state index in [1.54, 1.807) is 6.07 Å². The Hall–Kier alpha value is -3.19. The molecule has 0 radical (unpaired) electrons. The highest BCUT2D eigenvalue weighted by atomic mass is 32.1. The molecule has 0 aliphatic carbocycles. The summed E-state index contributed by atoms with van der Waals surface area (Å²) >= 11 is 1.37. The van der Waals surface area contributed by atoms with Gasteiger partial charge in [-0.2, -0.15) is 18.3 Å². The Morgan fingerprint density at radius 3 is 2.43 bits per heavy atom. The smallest absolute Gasteiger partial charge is 0.266 e. The largest absolute Gasteiger partial charge is 0.416 e. The molecule has 28 heavy (non-hydrogen) atoms. The SMILES string of the molecule is O=C(N/N=C/c1ccc(C(F)(F)F)cc1)c1cc2ccc3ccccc3c2s1. The molecule has 1 heterocycles. The molecule has 0 saturated carbocycles. The van der Waals surface area contributed by atoms with Crippen molar-refractivity contribution in [3.8, 4) is 0 Å². The van der Waals surface area contributed by atoms with Crippen LogP contribution in [-0.4, -0.2) is 12.1 Å². The molecule has 140 valence electrons. The van der Waals surface area contributed by atoms with Gasteiger partial charge < -0.3 is 0 Å². The van der Waals surface area contributed by atoms with Crippen LogP contribution in [0.5, 0.6) is 0 Å². The van der Waals surface area contributed by atoms with Gasteiger partial charge in [0.1, 0.15) is 0 Å². The first-order valence-electron chi connectivity index (χ1n) is 8.34. The molecule has 0 saturated heterocycles. The van der Waals surface area contributed by atoms with E-state index in [2.05, 4.69) is 10.5 Å². The molecule has 0 fully saturated rings. The Labute approximate surface area is 162 Å². The van der Waals surface area contributed by atoms with Crippen LogP contribution in [0.1, 0.15) is 20.8 Å². The number of thiophene rings is 1. The number of carbonyl (C=O) groups is 1. The Morgan fingerprint density at radius 2 is 1.68 bits per heavy atom. The summed E-state index contributed by atoms with van der Waals surface area (Å²) in [5.41, 5.74) is 2.14. The number of halogens is 3. The molecule has 1 N–H and O–H groups in total. The topological polar surface area (TPSA) is 41.5 Å². The summed E-state index contributed by atoms with van der Waals surface area (Å²) in [5.74, 6) is -0.367. The van der Waals surface area contributed by atoms with Gasteiger partial charge in [-0.3, -0.25) is 4.79 Å². The van der Waals surface area contributed by atoms with E-state index in [4.69, 9.17) is 0 Å². The number of hydrogen-bond acceptors (Lipinski definition) is 3. The first-order chi connectivity index (χ1) is 13.4. The summed E-state index contributed by atoms with van der Waals surface area (Å²) in [6.07, 6.45) is -3.07. The van der Waals surface area contributed by atoms with Gasteiger partial charge in [-0.15, -0.1) is 11.3 Å². The van der Waals surface area contributed by atoms with Crippen molar-refractivity contribution < 1.29 is 18.0 Å². The standard InChI is InChI=1S/C21H13F3N2OS/c22-21(23,24)16-9-5-13(6-10-16)12-25-26-20(27)18-11-15-8-7-14-3-1-2-4-17(14)19(15)28-18/h1-12H,(H,26,27)/b25-12+. The van der Waals surface area contributed by atoms with Gasteiger partial charge in [0, 0.05) is 4.70 Å². The number of carbonyl (C=O) groups excluding carboxylic acids is 1. The monoisotopic (exact) mass is 398 g/mol. The molecule has 3 aromatic carbocycles. The van der Waals surface area contributed by atoms with E-state index < -0.39 is 11.7 Å². The summed E-state index contributed by atoms with van der Waals surface area (Å²) in [7, 11) is 0. The summed E-state index contributed by atoms with van der Waals surface area (Å²) in [5, 5.41) is 7.00. The Balaban J connectivity index is 1.51. The predicted molar refractivity (Wildman–Crippen MR) is 106 cm³/mol. The number of rotatable bonds is 3. The van der Waals surface area contributed by atoms with E-state index in [1.165, 1.54) is 29.7 Å². The van der Waals surface area contributed by atoms with Crippen molar-refractivity contribution in [2.45, 2.75) is 6.18 Å². The summed E-state index contributed by atoms with van der Waals surface area (Å²) in [6, 6.07) is 18.3. The summed E-state index contributed by atoms with van der Waals surface area (Å²) in [4.78, 5) is 12.9. The molecular weight excluding hydrogens is 385 g/mol. The third-order valence-corrected chi connectivity index (χ3v) is 5.43. The molecule has 0 spiro atoms. The van der Waals surface area contributed by atoms with Crippen molar-refractivity contribution in [2.75, 3.05) is 0 Å². The second-order valence-electron chi connectivity index (χ2n) is 6.13. The molecule has 3 nitrogen and oxygen atoms in total. The van der Waals surface area contributed by atoms with Gasteiger partial charge in [0.15, 0.2) is 0 Å². The van der Waals surface area contributed by atoms with Crippen molar-refractivity contribution in [3.63, 3.8) is 0 Å². The maximum atomic E-state index is 12.6. The van der Waals surface area contributed by atoms with Gasteiger partial charge in [0.05, 0.1) is 16.7 Å². The average molecular weight is 398 g/mol. The normalized spacial score (nSPS) is 12.1. The van der Waals surface area contributed by atoms with Crippen LogP contribution in [-0.2, 0) is 6.18 Å². The van der Waals surface area contributed by atoms with Gasteiger partial charge >= 0.3 is 6.18 Å². The molecule has 0 atom stereocenters. The molecule has 7 heteroatoms. The number of nitrogens with zero attached hydrogens (tertiary/aromatic N) is 1. The number of amides is 1. The Bertz CT molecular complexity index is 1190. The molecule has 0 bridgehead atoms. The third kappa shape index (κ3) is 3.61. The van der Waals surface area contributed by atoms with Crippen molar-refractivity contribution in [1.29, 1.82) is 0 Å². The van der Waals surface area contributed by atoms with Gasteiger partial charge in [-0.1, -0.05) is 48.5 Å². The fraction of sp³-hybridized carbons (Fsp3) is 0.0476. The molecule has 4 rings (SSSR count). The highest BCUT2D eigenvalue weighted by Crippen LogP contribution is 2.32. The molecule has 0 aliphatic rings. The highest BCUT2D eigenvalue weighted by Gasteiger charge is 2.29. The first kappa shape index (κ1) is 18.2. The van der Waals surface area contributed by atoms with Crippen LogP contribution in [0.4, 0.5) is 13.2 Å². The molecule has 1 aromatic heterocycles. The third-order valence-electron chi connectivity index (χ3n) is 4.25. The van der Waals surface area contributed by atoms with E-state index in [0.29, 0.717) is 10.4 Å². The zero-order valence-electron chi connectivity index (χ0n) is 14.3. The number of hydrogen-bond donors (Lipinski definition) is 1. The summed E-state index contributed by atoms with van der Waals surface area (Å²) in [6.45, 7) is 0. The lowest BCUT2D eigenvalue weighted by Gasteiger charge is -2.05. The second-order valence-corrected chi connectivity index (χ2v) is 7.19. The molecular formula is C21H13F3N2OS. The maximum Gasteiger partial charge on any atom is 0.416 e. The van der Waals surface area contributed by atoms with Crippen LogP contribution in [0.15, 0.2) is 71.8 Å². The maximum absolute atomic E-state index is 12.6. The van der Waals surface area contributed by atoms with Crippen LogP contribution in [0.2, 0.25) is 0 Å². The minimum absolute atomic E-state index is 0.367. The van der Waals surface area contributed by atoms with E-state index in [0.717, 1.165) is 33.0 Å². The summed E-state index contributed by atoms with van der Waals surface area (Å²) < 4.78 is 38.7. The van der Waals surface area contributed by atoms with E-state index in [9.17, 15) is 18.0 Å². The van der Waals surface area contributed by atoms with E-state index >= 15 is 0 Å². The number of nitrogens with one attached hydrogen (secondary N) is 1. The Kier molecular flexibility index (Phi) is 4.60. The lowest BCUT2D eigenvalue weighted by atomic mass is 10.1. The fourth-order valence-electron chi connectivity index (χ4n) is 2.86. The van der Waals surface area contributed by atoms with Crippen molar-refractivity contribution in [2.24, 2.45) is 5.10 Å². The predicted octanol–water partition coefficient (Wildman–Crippen LogP) is 5.84.